The first-order valence-electron chi connectivity index (χ1n) is 7.80. The molecule has 0 saturated carbocycles. The van der Waals surface area contributed by atoms with E-state index in [0.717, 1.165) is 17.7 Å². The topological polar surface area (TPSA) is 68.2 Å². The first-order valence-corrected chi connectivity index (χ1v) is 7.80. The van der Waals surface area contributed by atoms with Gasteiger partial charge in [0, 0.05) is 18.8 Å². The van der Waals surface area contributed by atoms with Crippen molar-refractivity contribution in [3.63, 3.8) is 0 Å². The van der Waals surface area contributed by atoms with Gasteiger partial charge in [0.2, 0.25) is 0 Å². The summed E-state index contributed by atoms with van der Waals surface area (Å²) in [6, 6.07) is 17.3. The third-order valence-electron chi connectivity index (χ3n) is 3.44. The first kappa shape index (κ1) is 17.5. The number of amides is 2. The lowest BCUT2D eigenvalue weighted by atomic mass is 10.1. The molecule has 0 fully saturated rings. The van der Waals surface area contributed by atoms with Gasteiger partial charge in [-0.15, -0.1) is 0 Å². The van der Waals surface area contributed by atoms with E-state index in [4.69, 9.17) is 5.26 Å². The predicted molar refractivity (Wildman–Crippen MR) is 95.5 cm³/mol. The third kappa shape index (κ3) is 5.75. The molecule has 0 aliphatic carbocycles. The Labute approximate surface area is 142 Å². The number of hydrogen-bond acceptors (Lipinski definition) is 3. The predicted octanol–water partition coefficient (Wildman–Crippen LogP) is 3.14. The number of benzene rings is 2. The number of hydrogen-bond donors (Lipinski definition) is 2. The number of urea groups is 1. The fourth-order valence-electron chi connectivity index (χ4n) is 2.36. The van der Waals surface area contributed by atoms with E-state index in [0.29, 0.717) is 18.7 Å². The average Bonchev–Trinajstić information content (AvgIpc) is 2.55. The van der Waals surface area contributed by atoms with E-state index in [9.17, 15) is 4.79 Å². The summed E-state index contributed by atoms with van der Waals surface area (Å²) in [7, 11) is 4.06. The molecule has 0 unspecified atom stereocenters. The Bertz CT molecular complexity index is 717. The van der Waals surface area contributed by atoms with E-state index >= 15 is 0 Å². The molecule has 0 saturated heterocycles. The van der Waals surface area contributed by atoms with Gasteiger partial charge in [-0.25, -0.2) is 4.79 Å². The fourth-order valence-corrected chi connectivity index (χ4v) is 2.36. The second kappa shape index (κ2) is 8.70. The highest BCUT2D eigenvalue weighted by atomic mass is 16.2. The highest BCUT2D eigenvalue weighted by Gasteiger charge is 2.03. The van der Waals surface area contributed by atoms with E-state index < -0.39 is 0 Å². The molecule has 2 aromatic carbocycles. The number of anilines is 1. The maximum atomic E-state index is 12.0. The maximum absolute atomic E-state index is 12.0. The monoisotopic (exact) mass is 322 g/mol. The summed E-state index contributed by atoms with van der Waals surface area (Å²) in [4.78, 5) is 14.1. The first-order chi connectivity index (χ1) is 11.6. The van der Waals surface area contributed by atoms with Crippen LogP contribution in [0.2, 0.25) is 0 Å². The molecule has 0 heterocycles. The lowest BCUT2D eigenvalue weighted by molar-refractivity contribution is 0.251. The van der Waals surface area contributed by atoms with Gasteiger partial charge in [-0.2, -0.15) is 5.26 Å². The van der Waals surface area contributed by atoms with Crippen molar-refractivity contribution in [2.75, 3.05) is 19.4 Å². The Morgan fingerprint density at radius 2 is 1.79 bits per heavy atom. The average molecular weight is 322 g/mol. The van der Waals surface area contributed by atoms with Crippen LogP contribution in [0, 0.1) is 11.3 Å². The summed E-state index contributed by atoms with van der Waals surface area (Å²) < 4.78 is 0. The second-order valence-electron chi connectivity index (χ2n) is 5.90. The van der Waals surface area contributed by atoms with Crippen molar-refractivity contribution in [3.8, 4) is 6.07 Å². The Balaban J connectivity index is 1.85. The van der Waals surface area contributed by atoms with Crippen molar-refractivity contribution in [1.29, 1.82) is 5.26 Å². The lowest BCUT2D eigenvalue weighted by Gasteiger charge is -2.12. The molecule has 2 rings (SSSR count). The summed E-state index contributed by atoms with van der Waals surface area (Å²) in [6.45, 7) is 1.34. The number of rotatable bonds is 6. The lowest BCUT2D eigenvalue weighted by Crippen LogP contribution is -2.28. The zero-order valence-corrected chi connectivity index (χ0v) is 14.0. The van der Waals surface area contributed by atoms with Crippen LogP contribution in [-0.2, 0) is 19.5 Å². The van der Waals surface area contributed by atoms with E-state index in [1.807, 2.05) is 38.4 Å². The molecular weight excluding hydrogens is 300 g/mol. The molecule has 0 radical (unpaired) electrons. The van der Waals surface area contributed by atoms with Crippen LogP contribution in [0.5, 0.6) is 0 Å². The van der Waals surface area contributed by atoms with Crippen LogP contribution in [0.3, 0.4) is 0 Å². The summed E-state index contributed by atoms with van der Waals surface area (Å²) in [5, 5.41) is 14.3. The molecular formula is C19H22N4O. The number of nitrogens with zero attached hydrogens (tertiary/aromatic N) is 2. The molecule has 0 spiro atoms. The number of carbonyl (C=O) groups excluding carboxylic acids is 1. The van der Waals surface area contributed by atoms with E-state index in [2.05, 4.69) is 33.7 Å². The Kier molecular flexibility index (Phi) is 6.35. The van der Waals surface area contributed by atoms with Gasteiger partial charge in [0.1, 0.15) is 0 Å². The van der Waals surface area contributed by atoms with Crippen molar-refractivity contribution in [3.05, 3.63) is 65.2 Å². The van der Waals surface area contributed by atoms with Crippen molar-refractivity contribution in [1.82, 2.24) is 10.2 Å². The van der Waals surface area contributed by atoms with E-state index in [1.54, 1.807) is 12.1 Å². The quantitative estimate of drug-likeness (QED) is 0.858. The van der Waals surface area contributed by atoms with Crippen molar-refractivity contribution < 1.29 is 4.79 Å². The normalized spacial score (nSPS) is 10.2. The second-order valence-corrected chi connectivity index (χ2v) is 5.90. The Morgan fingerprint density at radius 1 is 1.08 bits per heavy atom. The molecule has 124 valence electrons. The summed E-state index contributed by atoms with van der Waals surface area (Å²) in [6.07, 6.45) is 0.371. The van der Waals surface area contributed by atoms with Crippen molar-refractivity contribution in [2.24, 2.45) is 0 Å². The molecule has 5 nitrogen and oxygen atoms in total. The van der Waals surface area contributed by atoms with Gasteiger partial charge < -0.3 is 15.5 Å². The van der Waals surface area contributed by atoms with Crippen LogP contribution in [0.25, 0.3) is 0 Å². The highest BCUT2D eigenvalue weighted by Crippen LogP contribution is 2.10. The van der Waals surface area contributed by atoms with Gasteiger partial charge in [-0.1, -0.05) is 36.4 Å². The smallest absolute Gasteiger partial charge is 0.319 e. The number of carbonyl (C=O) groups is 1. The molecule has 0 atom stereocenters. The molecule has 0 aliphatic rings. The van der Waals surface area contributed by atoms with Gasteiger partial charge in [-0.3, -0.25) is 0 Å². The fraction of sp³-hybridized carbons (Fsp3) is 0.263. The van der Waals surface area contributed by atoms with Crippen LogP contribution in [0.4, 0.5) is 10.5 Å². The molecule has 0 aliphatic heterocycles. The molecule has 24 heavy (non-hydrogen) atoms. The van der Waals surface area contributed by atoms with Gasteiger partial charge in [0.15, 0.2) is 0 Å². The minimum atomic E-state index is -0.249. The zero-order chi connectivity index (χ0) is 17.4. The SMILES string of the molecule is CN(C)Cc1cccc(CNC(=O)Nc2ccc(CC#N)cc2)c1. The van der Waals surface area contributed by atoms with Crippen LogP contribution >= 0.6 is 0 Å². The third-order valence-corrected chi connectivity index (χ3v) is 3.44. The molecule has 5 heteroatoms. The summed E-state index contributed by atoms with van der Waals surface area (Å²) in [5.41, 5.74) is 3.92. The van der Waals surface area contributed by atoms with E-state index in [-0.39, 0.29) is 6.03 Å². The summed E-state index contributed by atoms with van der Waals surface area (Å²) >= 11 is 0. The standard InChI is InChI=1S/C19H22N4O/c1-23(2)14-17-5-3-4-16(12-17)13-21-19(24)22-18-8-6-15(7-9-18)10-11-20/h3-9,12H,10,13-14H2,1-2H3,(H2,21,22,24). The minimum Gasteiger partial charge on any atom is -0.334 e. The maximum Gasteiger partial charge on any atom is 0.319 e. The number of nitriles is 1. The minimum absolute atomic E-state index is 0.249. The molecule has 2 amide bonds. The van der Waals surface area contributed by atoms with Crippen molar-refractivity contribution in [2.45, 2.75) is 19.5 Å². The van der Waals surface area contributed by atoms with Crippen LogP contribution in [0.1, 0.15) is 16.7 Å². The molecule has 0 bridgehead atoms. The van der Waals surface area contributed by atoms with E-state index in [1.165, 1.54) is 5.56 Å². The molecule has 2 aromatic rings. The summed E-state index contributed by atoms with van der Waals surface area (Å²) in [5.74, 6) is 0. The van der Waals surface area contributed by atoms with Crippen LogP contribution in [-0.4, -0.2) is 25.0 Å². The Morgan fingerprint density at radius 3 is 2.46 bits per heavy atom. The largest absolute Gasteiger partial charge is 0.334 e. The van der Waals surface area contributed by atoms with Crippen molar-refractivity contribution >= 4 is 11.7 Å². The van der Waals surface area contributed by atoms with Gasteiger partial charge in [0.05, 0.1) is 12.5 Å². The van der Waals surface area contributed by atoms with Gasteiger partial charge in [-0.05, 0) is 42.9 Å². The van der Waals surface area contributed by atoms with Gasteiger partial charge in [0.25, 0.3) is 0 Å². The Hall–Kier alpha value is -2.84. The number of nitrogens with one attached hydrogen (secondary N) is 2. The van der Waals surface area contributed by atoms with Crippen LogP contribution < -0.4 is 10.6 Å². The molecule has 2 N–H and O–H groups in total. The highest BCUT2D eigenvalue weighted by molar-refractivity contribution is 5.89. The van der Waals surface area contributed by atoms with Crippen LogP contribution in [0.15, 0.2) is 48.5 Å². The molecule has 0 aromatic heterocycles. The van der Waals surface area contributed by atoms with Gasteiger partial charge >= 0.3 is 6.03 Å². The zero-order valence-electron chi connectivity index (χ0n) is 14.0.